The number of ether oxygens (including phenoxy) is 3. The highest BCUT2D eigenvalue weighted by molar-refractivity contribution is 6.38. The lowest BCUT2D eigenvalue weighted by Gasteiger charge is -2.16. The first kappa shape index (κ1) is 27.9. The average Bonchev–Trinajstić information content (AvgIpc) is 2.84. The normalized spacial score (nSPS) is 11.6. The highest BCUT2D eigenvalue weighted by Gasteiger charge is 2.20. The highest BCUT2D eigenvalue weighted by Crippen LogP contribution is 2.37. The third-order valence-corrected chi connectivity index (χ3v) is 6.66. The van der Waals surface area contributed by atoms with E-state index in [1.54, 1.807) is 12.1 Å². The summed E-state index contributed by atoms with van der Waals surface area (Å²) in [6.45, 7) is 4.09. The smallest absolute Gasteiger partial charge is 0.343 e. The van der Waals surface area contributed by atoms with Crippen molar-refractivity contribution in [3.8, 4) is 17.2 Å². The van der Waals surface area contributed by atoms with Gasteiger partial charge in [-0.25, -0.2) is 4.79 Å². The Morgan fingerprint density at radius 2 is 1.33 bits per heavy atom. The molecule has 190 valence electrons. The van der Waals surface area contributed by atoms with Gasteiger partial charge in [-0.05, 0) is 54.3 Å². The van der Waals surface area contributed by atoms with Gasteiger partial charge in [0.15, 0.2) is 17.2 Å². The van der Waals surface area contributed by atoms with Crippen LogP contribution in [0.1, 0.15) is 52.5 Å². The van der Waals surface area contributed by atoms with E-state index in [0.29, 0.717) is 0 Å². The van der Waals surface area contributed by atoms with Crippen molar-refractivity contribution in [2.75, 3.05) is 19.5 Å². The number of nitrogens with one attached hydrogen (secondary N) is 1. The first-order valence-electron chi connectivity index (χ1n) is 10.8. The van der Waals surface area contributed by atoms with Crippen LogP contribution in [-0.2, 0) is 0 Å². The SMILES string of the molecule is CC[C@@H](C)c1ccc(NC(=O)c2cc(Cl)c(OC)c(Cl)c2)c(OC(=O)c2cc(Cl)c(OC)c(Cl)c2)c1. The summed E-state index contributed by atoms with van der Waals surface area (Å²) >= 11 is 24.7. The van der Waals surface area contributed by atoms with Gasteiger partial charge in [-0.2, -0.15) is 0 Å². The monoisotopic (exact) mass is 569 g/mol. The number of methoxy groups -OCH3 is 2. The lowest BCUT2D eigenvalue weighted by atomic mass is 9.98. The van der Waals surface area contributed by atoms with Gasteiger partial charge < -0.3 is 19.5 Å². The second-order valence-corrected chi connectivity index (χ2v) is 9.48. The van der Waals surface area contributed by atoms with Crippen molar-refractivity contribution in [1.29, 1.82) is 0 Å². The van der Waals surface area contributed by atoms with Crippen LogP contribution < -0.4 is 19.5 Å². The maximum absolute atomic E-state index is 13.0. The third-order valence-electron chi connectivity index (χ3n) is 5.54. The van der Waals surface area contributed by atoms with Crippen molar-refractivity contribution in [2.45, 2.75) is 26.2 Å². The molecule has 0 aliphatic heterocycles. The van der Waals surface area contributed by atoms with E-state index in [1.165, 1.54) is 38.5 Å². The van der Waals surface area contributed by atoms with Crippen LogP contribution in [0.4, 0.5) is 5.69 Å². The van der Waals surface area contributed by atoms with Crippen LogP contribution in [0.2, 0.25) is 20.1 Å². The summed E-state index contributed by atoms with van der Waals surface area (Å²) in [6, 6.07) is 10.9. The molecule has 1 amide bonds. The first-order chi connectivity index (χ1) is 17.1. The molecule has 1 atom stereocenters. The van der Waals surface area contributed by atoms with Crippen molar-refractivity contribution >= 4 is 64.0 Å². The number of carbonyl (C=O) groups is 2. The van der Waals surface area contributed by atoms with E-state index in [1.807, 2.05) is 19.9 Å². The van der Waals surface area contributed by atoms with Gasteiger partial charge in [-0.15, -0.1) is 0 Å². The third kappa shape index (κ3) is 6.19. The van der Waals surface area contributed by atoms with Crippen molar-refractivity contribution in [3.05, 3.63) is 79.2 Å². The molecule has 0 radical (unpaired) electrons. The van der Waals surface area contributed by atoms with Crippen LogP contribution in [-0.4, -0.2) is 26.1 Å². The van der Waals surface area contributed by atoms with Crippen LogP contribution in [0.3, 0.4) is 0 Å². The number of amides is 1. The number of hydrogen-bond acceptors (Lipinski definition) is 5. The van der Waals surface area contributed by atoms with Crippen molar-refractivity contribution < 1.29 is 23.8 Å². The molecule has 3 rings (SSSR count). The Hall–Kier alpha value is -2.64. The molecule has 0 aromatic heterocycles. The molecule has 3 aromatic carbocycles. The van der Waals surface area contributed by atoms with Crippen LogP contribution in [0.25, 0.3) is 0 Å². The molecule has 0 bridgehead atoms. The average molecular weight is 571 g/mol. The van der Waals surface area contributed by atoms with Crippen molar-refractivity contribution in [3.63, 3.8) is 0 Å². The molecule has 3 aromatic rings. The minimum absolute atomic E-state index is 0.116. The molecule has 6 nitrogen and oxygen atoms in total. The molecule has 1 N–H and O–H groups in total. The first-order valence-corrected chi connectivity index (χ1v) is 12.3. The van der Waals surface area contributed by atoms with Crippen molar-refractivity contribution in [2.24, 2.45) is 0 Å². The fourth-order valence-corrected chi connectivity index (χ4v) is 4.66. The van der Waals surface area contributed by atoms with Gasteiger partial charge >= 0.3 is 5.97 Å². The molecule has 0 saturated heterocycles. The second kappa shape index (κ2) is 12.1. The quantitative estimate of drug-likeness (QED) is 0.218. The molecule has 0 unspecified atom stereocenters. The van der Waals surface area contributed by atoms with Crippen LogP contribution in [0.5, 0.6) is 17.2 Å². The number of rotatable bonds is 8. The van der Waals surface area contributed by atoms with E-state index in [9.17, 15) is 9.59 Å². The summed E-state index contributed by atoms with van der Waals surface area (Å²) in [5.41, 5.74) is 1.52. The number of hydrogen-bond donors (Lipinski definition) is 1. The molecule has 10 heteroatoms. The van der Waals surface area contributed by atoms with Gasteiger partial charge in [0, 0.05) is 5.56 Å². The zero-order valence-corrected chi connectivity index (χ0v) is 22.9. The molecule has 36 heavy (non-hydrogen) atoms. The molecular formula is C26H23Cl4NO5. The predicted molar refractivity (Wildman–Crippen MR) is 144 cm³/mol. The summed E-state index contributed by atoms with van der Waals surface area (Å²) in [5.74, 6) is -0.367. The van der Waals surface area contributed by atoms with E-state index in [0.717, 1.165) is 12.0 Å². The number of benzene rings is 3. The molecule has 0 fully saturated rings. The summed E-state index contributed by atoms with van der Waals surface area (Å²) < 4.78 is 15.9. The van der Waals surface area contributed by atoms with E-state index in [4.69, 9.17) is 60.6 Å². The van der Waals surface area contributed by atoms with Crippen LogP contribution in [0.15, 0.2) is 42.5 Å². The van der Waals surface area contributed by atoms with Gasteiger partial charge in [0.1, 0.15) is 0 Å². The number of anilines is 1. The number of esters is 1. The lowest BCUT2D eigenvalue weighted by molar-refractivity contribution is 0.0734. The van der Waals surface area contributed by atoms with E-state index in [-0.39, 0.29) is 60.1 Å². The summed E-state index contributed by atoms with van der Waals surface area (Å²) in [4.78, 5) is 26.0. The maximum Gasteiger partial charge on any atom is 0.343 e. The minimum Gasteiger partial charge on any atom is -0.494 e. The van der Waals surface area contributed by atoms with Gasteiger partial charge in [0.2, 0.25) is 0 Å². The largest absolute Gasteiger partial charge is 0.494 e. The Bertz CT molecular complexity index is 1270. The van der Waals surface area contributed by atoms with Crippen LogP contribution in [0, 0.1) is 0 Å². The highest BCUT2D eigenvalue weighted by atomic mass is 35.5. The van der Waals surface area contributed by atoms with Crippen LogP contribution >= 0.6 is 46.4 Å². The van der Waals surface area contributed by atoms with Gasteiger partial charge in [0.25, 0.3) is 5.91 Å². The summed E-state index contributed by atoms with van der Waals surface area (Å²) in [7, 11) is 2.85. The molecule has 0 aliphatic rings. The number of halogens is 4. The Morgan fingerprint density at radius 3 is 1.81 bits per heavy atom. The fourth-order valence-electron chi connectivity index (χ4n) is 3.38. The lowest BCUT2D eigenvalue weighted by Crippen LogP contribution is -2.15. The van der Waals surface area contributed by atoms with Gasteiger partial charge in [-0.3, -0.25) is 4.79 Å². The Kier molecular flexibility index (Phi) is 9.36. The van der Waals surface area contributed by atoms with E-state index >= 15 is 0 Å². The molecular weight excluding hydrogens is 548 g/mol. The molecule has 0 spiro atoms. The topological polar surface area (TPSA) is 73.9 Å². The standard InChI is InChI=1S/C26H23Cl4NO5/c1-5-13(2)14-6-7-21(31-25(32)15-8-17(27)23(34-3)18(28)9-15)22(12-14)36-26(33)16-10-19(29)24(35-4)20(30)11-16/h6-13H,5H2,1-4H3,(H,31,32)/t13-/m1/s1. The summed E-state index contributed by atoms with van der Waals surface area (Å²) in [5, 5.41) is 3.44. The second-order valence-electron chi connectivity index (χ2n) is 7.85. The molecule has 0 saturated carbocycles. The van der Waals surface area contributed by atoms with E-state index in [2.05, 4.69) is 5.32 Å². The Balaban J connectivity index is 1.96. The Labute approximate surface area is 229 Å². The van der Waals surface area contributed by atoms with Gasteiger partial charge in [0.05, 0.1) is 45.6 Å². The predicted octanol–water partition coefficient (Wildman–Crippen LogP) is 8.30. The zero-order chi connectivity index (χ0) is 26.6. The van der Waals surface area contributed by atoms with E-state index < -0.39 is 11.9 Å². The maximum atomic E-state index is 13.0. The zero-order valence-electron chi connectivity index (χ0n) is 19.9. The van der Waals surface area contributed by atoms with Gasteiger partial charge in [-0.1, -0.05) is 66.3 Å². The van der Waals surface area contributed by atoms with Crippen molar-refractivity contribution in [1.82, 2.24) is 0 Å². The number of carbonyl (C=O) groups excluding carboxylic acids is 2. The summed E-state index contributed by atoms with van der Waals surface area (Å²) in [6.07, 6.45) is 0.867. The Morgan fingerprint density at radius 1 is 0.833 bits per heavy atom. The molecule has 0 heterocycles. The minimum atomic E-state index is -0.714. The fraction of sp³-hybridized carbons (Fsp3) is 0.231. The molecule has 0 aliphatic carbocycles.